The van der Waals surface area contributed by atoms with Crippen LogP contribution in [0, 0.1) is 0 Å². The summed E-state index contributed by atoms with van der Waals surface area (Å²) in [6.45, 7) is 0.813. The van der Waals surface area contributed by atoms with Crippen molar-refractivity contribution >= 4 is 19.6 Å². The Balaban J connectivity index is 1.52. The number of methoxy groups -OCH3 is 1. The van der Waals surface area contributed by atoms with Crippen molar-refractivity contribution in [2.45, 2.75) is 63.1 Å². The van der Waals surface area contributed by atoms with Crippen LogP contribution in [0.4, 0.5) is 0 Å². The van der Waals surface area contributed by atoms with Crippen LogP contribution < -0.4 is 14.6 Å². The number of ether oxygens (including phenoxy) is 3. The fraction of sp³-hybridized carbons (Fsp3) is 0.481. The zero-order chi connectivity index (χ0) is 29.6. The molecule has 0 bridgehead atoms. The molecule has 1 amide bonds. The normalized spacial score (nSPS) is 27.9. The van der Waals surface area contributed by atoms with Gasteiger partial charge in [0, 0.05) is 13.5 Å². The summed E-state index contributed by atoms with van der Waals surface area (Å²) in [6, 6.07) is 13.1. The third-order valence-electron chi connectivity index (χ3n) is 6.81. The van der Waals surface area contributed by atoms with Gasteiger partial charge in [-0.15, -0.1) is 0 Å². The first-order valence-corrected chi connectivity index (χ1v) is 14.6. The molecule has 2 aliphatic heterocycles. The maximum Gasteiger partial charge on any atom is 0.462 e. The Kier molecular flexibility index (Phi) is 10.4. The monoisotopic (exact) mass is 594 g/mol. The number of carbonyl (C=O) groups is 2. The van der Waals surface area contributed by atoms with Crippen LogP contribution in [0.2, 0.25) is 0 Å². The second-order valence-electron chi connectivity index (χ2n) is 9.72. The highest BCUT2D eigenvalue weighted by molar-refractivity contribution is 7.51. The van der Waals surface area contributed by atoms with Crippen molar-refractivity contribution < 1.29 is 52.7 Å². The molecule has 41 heavy (non-hydrogen) atoms. The van der Waals surface area contributed by atoms with E-state index >= 15 is 0 Å². The zero-order valence-electron chi connectivity index (χ0n) is 22.7. The van der Waals surface area contributed by atoms with E-state index in [0.717, 1.165) is 5.56 Å². The van der Waals surface area contributed by atoms with Gasteiger partial charge >= 0.3 is 13.7 Å². The van der Waals surface area contributed by atoms with Gasteiger partial charge in [0.05, 0.1) is 13.7 Å². The lowest BCUT2D eigenvalue weighted by molar-refractivity contribution is -0.252. The number of nitrogens with one attached hydrogen (secondary N) is 1. The van der Waals surface area contributed by atoms with Crippen LogP contribution in [0.3, 0.4) is 0 Å². The summed E-state index contributed by atoms with van der Waals surface area (Å²) in [5.74, 6) is -0.456. The van der Waals surface area contributed by atoms with Crippen LogP contribution in [-0.4, -0.2) is 88.8 Å². The standard InChI is InChI=1S/C27H35N2O11P/c1-17(30)28-23-25(32)24(31)22(39-27(23)34)16-38-41(35,40-20-12-10-19(36-2)11-13-20)29-14-6-9-21(29)26(33)37-15-18-7-4-3-5-8-18/h3-5,7-8,10-13,21-25,27,31-32,34H,6,9,14-16H2,1-2H3,(H,28,30)/t21-,22+,23+,24+,25+,27?,41?/m0/s1. The van der Waals surface area contributed by atoms with Crippen molar-refractivity contribution in [2.75, 3.05) is 20.3 Å². The Labute approximate surface area is 237 Å². The van der Waals surface area contributed by atoms with Crippen LogP contribution >= 0.6 is 7.75 Å². The van der Waals surface area contributed by atoms with Crippen molar-refractivity contribution in [3.63, 3.8) is 0 Å². The van der Waals surface area contributed by atoms with E-state index < -0.39 is 62.9 Å². The molecule has 4 N–H and O–H groups in total. The van der Waals surface area contributed by atoms with Gasteiger partial charge in [-0.3, -0.25) is 14.1 Å². The molecule has 0 radical (unpaired) electrons. The maximum atomic E-state index is 14.4. The number of esters is 1. The summed E-state index contributed by atoms with van der Waals surface area (Å²) < 4.78 is 43.3. The molecule has 2 saturated heterocycles. The van der Waals surface area contributed by atoms with Crippen LogP contribution in [-0.2, 0) is 34.8 Å². The van der Waals surface area contributed by atoms with Gasteiger partial charge in [-0.1, -0.05) is 30.3 Å². The first kappa shape index (κ1) is 30.9. The van der Waals surface area contributed by atoms with Crippen molar-refractivity contribution in [3.05, 3.63) is 60.2 Å². The zero-order valence-corrected chi connectivity index (χ0v) is 23.6. The van der Waals surface area contributed by atoms with Gasteiger partial charge in [0.2, 0.25) is 5.91 Å². The van der Waals surface area contributed by atoms with Gasteiger partial charge in [-0.25, -0.2) is 4.57 Å². The molecule has 2 heterocycles. The molecule has 2 aromatic carbocycles. The van der Waals surface area contributed by atoms with Gasteiger partial charge < -0.3 is 39.4 Å². The molecule has 14 heteroatoms. The Morgan fingerprint density at radius 1 is 1.05 bits per heavy atom. The van der Waals surface area contributed by atoms with E-state index in [0.29, 0.717) is 18.6 Å². The minimum atomic E-state index is -4.32. The minimum absolute atomic E-state index is 0.0296. The van der Waals surface area contributed by atoms with Gasteiger partial charge in [0.1, 0.15) is 48.5 Å². The van der Waals surface area contributed by atoms with E-state index in [2.05, 4.69) is 5.32 Å². The number of hydrogen-bond donors (Lipinski definition) is 4. The smallest absolute Gasteiger partial charge is 0.462 e. The van der Waals surface area contributed by atoms with Crippen molar-refractivity contribution in [1.29, 1.82) is 0 Å². The van der Waals surface area contributed by atoms with Gasteiger partial charge in [0.15, 0.2) is 6.29 Å². The fourth-order valence-corrected chi connectivity index (χ4v) is 6.64. The minimum Gasteiger partial charge on any atom is -0.497 e. The summed E-state index contributed by atoms with van der Waals surface area (Å²) >= 11 is 0. The molecule has 2 aliphatic rings. The highest BCUT2D eigenvalue weighted by atomic mass is 31.2. The highest BCUT2D eigenvalue weighted by Crippen LogP contribution is 2.55. The average Bonchev–Trinajstić information content (AvgIpc) is 3.47. The molecule has 224 valence electrons. The van der Waals surface area contributed by atoms with E-state index in [9.17, 15) is 29.5 Å². The quantitative estimate of drug-likeness (QED) is 0.218. The largest absolute Gasteiger partial charge is 0.497 e. The molecule has 2 fully saturated rings. The number of hydrogen-bond acceptors (Lipinski definition) is 11. The topological polar surface area (TPSA) is 173 Å². The van der Waals surface area contributed by atoms with Crippen LogP contribution in [0.25, 0.3) is 0 Å². The number of nitrogens with zero attached hydrogens (tertiary/aromatic N) is 1. The van der Waals surface area contributed by atoms with Crippen molar-refractivity contribution in [2.24, 2.45) is 0 Å². The number of carbonyl (C=O) groups excluding carboxylic acids is 2. The predicted octanol–water partition coefficient (Wildman–Crippen LogP) is 1.35. The molecule has 0 aliphatic carbocycles. The number of rotatable bonds is 11. The molecular formula is C27H35N2O11P. The molecule has 13 nitrogen and oxygen atoms in total. The summed E-state index contributed by atoms with van der Waals surface area (Å²) in [5.41, 5.74) is 0.789. The third kappa shape index (κ3) is 7.63. The third-order valence-corrected chi connectivity index (χ3v) is 8.83. The van der Waals surface area contributed by atoms with E-state index in [1.54, 1.807) is 12.1 Å². The predicted molar refractivity (Wildman–Crippen MR) is 144 cm³/mol. The average molecular weight is 595 g/mol. The van der Waals surface area contributed by atoms with Gasteiger partial charge in [-0.2, -0.15) is 4.67 Å². The SMILES string of the molecule is COc1ccc(OP(=O)(OC[C@H]2OC(O)[C@H](NC(C)=O)[C@@H](O)[C@@H]2O)N2CCC[C@H]2C(=O)OCc2ccccc2)cc1. The summed E-state index contributed by atoms with van der Waals surface area (Å²) in [6.07, 6.45) is -5.40. The van der Waals surface area contributed by atoms with E-state index in [4.69, 9.17) is 23.3 Å². The lowest BCUT2D eigenvalue weighted by atomic mass is 9.97. The maximum absolute atomic E-state index is 14.4. The highest BCUT2D eigenvalue weighted by Gasteiger charge is 2.49. The molecule has 0 aromatic heterocycles. The number of aliphatic hydroxyl groups is 3. The Morgan fingerprint density at radius 3 is 2.39 bits per heavy atom. The summed E-state index contributed by atoms with van der Waals surface area (Å²) in [4.78, 5) is 24.5. The number of amides is 1. The molecule has 7 atom stereocenters. The first-order chi connectivity index (χ1) is 19.6. The second kappa shape index (κ2) is 13.8. The summed E-state index contributed by atoms with van der Waals surface area (Å²) in [7, 11) is -2.83. The number of benzene rings is 2. The fourth-order valence-electron chi connectivity index (χ4n) is 4.67. The molecule has 4 rings (SSSR count). The first-order valence-electron chi connectivity index (χ1n) is 13.1. The lowest BCUT2D eigenvalue weighted by Gasteiger charge is -2.41. The van der Waals surface area contributed by atoms with Crippen LogP contribution in [0.15, 0.2) is 54.6 Å². The Bertz CT molecular complexity index is 1220. The second-order valence-corrected chi connectivity index (χ2v) is 11.6. The lowest BCUT2D eigenvalue weighted by Crippen LogP contribution is -2.64. The molecular weight excluding hydrogens is 559 g/mol. The van der Waals surface area contributed by atoms with E-state index in [1.807, 2.05) is 30.3 Å². The van der Waals surface area contributed by atoms with Crippen LogP contribution in [0.1, 0.15) is 25.3 Å². The molecule has 2 aromatic rings. The Morgan fingerprint density at radius 2 is 1.73 bits per heavy atom. The molecule has 0 saturated carbocycles. The van der Waals surface area contributed by atoms with E-state index in [1.165, 1.54) is 30.8 Å². The van der Waals surface area contributed by atoms with E-state index in [-0.39, 0.29) is 18.9 Å². The molecule has 0 spiro atoms. The summed E-state index contributed by atoms with van der Waals surface area (Å²) in [5, 5.41) is 33.7. The van der Waals surface area contributed by atoms with Crippen molar-refractivity contribution in [1.82, 2.24) is 9.99 Å². The molecule has 2 unspecified atom stereocenters. The van der Waals surface area contributed by atoms with Gasteiger partial charge in [-0.05, 0) is 42.7 Å². The van der Waals surface area contributed by atoms with Crippen LogP contribution in [0.5, 0.6) is 11.5 Å². The van der Waals surface area contributed by atoms with Gasteiger partial charge in [0.25, 0.3) is 0 Å². The van der Waals surface area contributed by atoms with Crippen molar-refractivity contribution in [3.8, 4) is 11.5 Å². The Hall–Kier alpha value is -3.03. The number of aliphatic hydroxyl groups excluding tert-OH is 3.